The number of carbonyl (C=O) groups excluding carboxylic acids is 1. The van der Waals surface area contributed by atoms with Gasteiger partial charge in [0.05, 0.1) is 5.69 Å². The number of anilines is 1. The normalized spacial score (nSPS) is 11.0. The first-order valence-electron chi connectivity index (χ1n) is 7.48. The highest BCUT2D eigenvalue weighted by Gasteiger charge is 2.27. The first kappa shape index (κ1) is 19.3. The van der Waals surface area contributed by atoms with E-state index in [0.717, 1.165) is 27.4 Å². The lowest BCUT2D eigenvalue weighted by molar-refractivity contribution is 0.206. The third kappa shape index (κ3) is 3.97. The van der Waals surface area contributed by atoms with Gasteiger partial charge in [-0.3, -0.25) is 4.31 Å². The van der Waals surface area contributed by atoms with E-state index in [9.17, 15) is 17.6 Å². The highest BCUT2D eigenvalue weighted by Crippen LogP contribution is 2.20. The van der Waals surface area contributed by atoms with Crippen LogP contribution in [0, 0.1) is 5.82 Å². The molecule has 0 fully saturated rings. The summed E-state index contributed by atoms with van der Waals surface area (Å²) in [4.78, 5) is 17.5. The first-order valence-corrected chi connectivity index (χ1v) is 8.92. The average molecular weight is 379 g/mol. The van der Waals surface area contributed by atoms with Crippen molar-refractivity contribution in [3.8, 4) is 0 Å². The monoisotopic (exact) mass is 379 g/mol. The molecule has 0 saturated heterocycles. The molecule has 2 aromatic rings. The van der Waals surface area contributed by atoms with Gasteiger partial charge in [0.1, 0.15) is 12.1 Å². The highest BCUT2D eigenvalue weighted by atomic mass is 32.2. The van der Waals surface area contributed by atoms with Crippen LogP contribution in [0.3, 0.4) is 0 Å². The number of benzene rings is 1. The van der Waals surface area contributed by atoms with Crippen LogP contribution in [0.2, 0.25) is 0 Å². The first-order chi connectivity index (χ1) is 12.3. The summed E-state index contributed by atoms with van der Waals surface area (Å²) in [6, 6.07) is 4.33. The molecule has 1 aromatic carbocycles. The largest absolute Gasteiger partial charge is 0.346 e. The van der Waals surface area contributed by atoms with Crippen molar-refractivity contribution < 1.29 is 17.6 Å². The summed E-state index contributed by atoms with van der Waals surface area (Å²) in [5.41, 5.74) is 0.231. The predicted molar refractivity (Wildman–Crippen MR) is 94.8 cm³/mol. The molecule has 0 bridgehead atoms. The summed E-state index contributed by atoms with van der Waals surface area (Å²) in [6.45, 7) is 7.60. The number of aromatic nitrogens is 3. The summed E-state index contributed by atoms with van der Waals surface area (Å²) in [5, 5.41) is 3.23. The van der Waals surface area contributed by atoms with Crippen molar-refractivity contribution in [3.05, 3.63) is 61.7 Å². The van der Waals surface area contributed by atoms with Gasteiger partial charge in [-0.1, -0.05) is 12.2 Å². The number of halogens is 1. The number of carbonyl (C=O) groups is 1. The maximum atomic E-state index is 13.0. The fourth-order valence-electron chi connectivity index (χ4n) is 2.06. The van der Waals surface area contributed by atoms with Gasteiger partial charge in [-0.25, -0.2) is 14.2 Å². The third-order valence-corrected chi connectivity index (χ3v) is 5.00. The molecule has 1 aromatic heterocycles. The van der Waals surface area contributed by atoms with Gasteiger partial charge in [-0.05, 0) is 24.3 Å². The molecular weight excluding hydrogens is 361 g/mol. The van der Waals surface area contributed by atoms with E-state index in [-0.39, 0.29) is 18.8 Å². The maximum absolute atomic E-state index is 13.0. The number of hydrogen-bond donors (Lipinski definition) is 0. The zero-order valence-electron chi connectivity index (χ0n) is 14.1. The number of amides is 1. The number of hydrogen-bond acceptors (Lipinski definition) is 5. The Morgan fingerprint density at radius 2 is 1.81 bits per heavy atom. The Morgan fingerprint density at radius 3 is 2.35 bits per heavy atom. The van der Waals surface area contributed by atoms with Gasteiger partial charge >= 0.3 is 16.1 Å². The highest BCUT2D eigenvalue weighted by molar-refractivity contribution is 7.92. The van der Waals surface area contributed by atoms with Crippen molar-refractivity contribution in [2.75, 3.05) is 24.4 Å². The molecule has 26 heavy (non-hydrogen) atoms. The molecule has 0 radical (unpaired) electrons. The lowest BCUT2D eigenvalue weighted by atomic mass is 10.3. The van der Waals surface area contributed by atoms with E-state index in [0.29, 0.717) is 0 Å². The number of nitrogens with zero attached hydrogens (tertiary/aromatic N) is 5. The summed E-state index contributed by atoms with van der Waals surface area (Å²) in [6.07, 6.45) is 4.07. The smallest absolute Gasteiger partial charge is 0.315 e. The second kappa shape index (κ2) is 7.91. The summed E-state index contributed by atoms with van der Waals surface area (Å²) in [5.74, 6) is -0.489. The van der Waals surface area contributed by atoms with E-state index in [2.05, 4.69) is 23.2 Å². The van der Waals surface area contributed by atoms with Crippen molar-refractivity contribution in [2.45, 2.75) is 5.16 Å². The van der Waals surface area contributed by atoms with Crippen LogP contribution in [-0.2, 0) is 10.0 Å². The SMILES string of the molecule is C=CCN(CC=C)C(=O)n1cnc(S(=O)(=O)N(C)c2ccc(F)cc2)n1. The van der Waals surface area contributed by atoms with E-state index in [1.165, 1.54) is 36.2 Å². The van der Waals surface area contributed by atoms with Crippen molar-refractivity contribution in [1.29, 1.82) is 0 Å². The molecule has 0 atom stereocenters. The Morgan fingerprint density at radius 1 is 1.23 bits per heavy atom. The van der Waals surface area contributed by atoms with Crippen LogP contribution in [0.25, 0.3) is 0 Å². The standard InChI is InChI=1S/C16H18FN5O3S/c1-4-10-21(11-5-2)16(23)22-12-18-15(19-22)26(24,25)20(3)14-8-6-13(17)7-9-14/h4-9,12H,1-2,10-11H2,3H3. The molecule has 1 amide bonds. The van der Waals surface area contributed by atoms with Crippen LogP contribution < -0.4 is 4.31 Å². The van der Waals surface area contributed by atoms with Gasteiger partial charge in [0.15, 0.2) is 0 Å². The van der Waals surface area contributed by atoms with Crippen LogP contribution in [0.5, 0.6) is 0 Å². The van der Waals surface area contributed by atoms with E-state index in [1.807, 2.05) is 0 Å². The van der Waals surface area contributed by atoms with E-state index in [4.69, 9.17) is 0 Å². The molecule has 0 aliphatic carbocycles. The van der Waals surface area contributed by atoms with E-state index in [1.54, 1.807) is 0 Å². The minimum atomic E-state index is -4.11. The fourth-order valence-corrected chi connectivity index (χ4v) is 3.07. The molecule has 0 saturated carbocycles. The van der Waals surface area contributed by atoms with Gasteiger partial charge in [0, 0.05) is 20.1 Å². The second-order valence-corrected chi connectivity index (χ2v) is 7.05. The van der Waals surface area contributed by atoms with Crippen LogP contribution in [0.4, 0.5) is 14.9 Å². The zero-order valence-corrected chi connectivity index (χ0v) is 14.9. The van der Waals surface area contributed by atoms with Crippen molar-refractivity contribution >= 4 is 21.7 Å². The van der Waals surface area contributed by atoms with Gasteiger partial charge in [-0.2, -0.15) is 13.1 Å². The summed E-state index contributed by atoms with van der Waals surface area (Å²) < 4.78 is 40.0. The molecule has 0 unspecified atom stereocenters. The Balaban J connectivity index is 2.29. The fraction of sp³-hybridized carbons (Fsp3) is 0.188. The van der Waals surface area contributed by atoms with Gasteiger partial charge in [-0.15, -0.1) is 18.3 Å². The van der Waals surface area contributed by atoms with Crippen LogP contribution >= 0.6 is 0 Å². The van der Waals surface area contributed by atoms with E-state index >= 15 is 0 Å². The minimum absolute atomic E-state index is 0.231. The van der Waals surface area contributed by atoms with Crippen LogP contribution in [0.1, 0.15) is 0 Å². The molecule has 138 valence electrons. The molecule has 1 heterocycles. The number of rotatable bonds is 7. The Kier molecular flexibility index (Phi) is 5.88. The molecule has 0 spiro atoms. The lowest BCUT2D eigenvalue weighted by Gasteiger charge is -2.18. The van der Waals surface area contributed by atoms with E-state index < -0.39 is 27.0 Å². The summed E-state index contributed by atoms with van der Waals surface area (Å²) >= 11 is 0. The maximum Gasteiger partial charge on any atom is 0.346 e. The van der Waals surface area contributed by atoms with Gasteiger partial charge in [0.25, 0.3) is 5.16 Å². The molecule has 0 aliphatic rings. The lowest BCUT2D eigenvalue weighted by Crippen LogP contribution is -2.35. The topological polar surface area (TPSA) is 88.4 Å². The van der Waals surface area contributed by atoms with Crippen LogP contribution in [0.15, 0.2) is 61.1 Å². The molecule has 0 N–H and O–H groups in total. The average Bonchev–Trinajstić information content (AvgIpc) is 3.12. The molecular formula is C16H18FN5O3S. The Bertz CT molecular complexity index is 898. The third-order valence-electron chi connectivity index (χ3n) is 3.42. The minimum Gasteiger partial charge on any atom is -0.315 e. The predicted octanol–water partition coefficient (Wildman–Crippen LogP) is 1.88. The summed E-state index contributed by atoms with van der Waals surface area (Å²) in [7, 11) is -2.83. The molecule has 10 heteroatoms. The van der Waals surface area contributed by atoms with Crippen molar-refractivity contribution in [2.24, 2.45) is 0 Å². The molecule has 0 aliphatic heterocycles. The van der Waals surface area contributed by atoms with Crippen LogP contribution in [-0.4, -0.2) is 54.3 Å². The Hall–Kier alpha value is -3.01. The van der Waals surface area contributed by atoms with Gasteiger partial charge < -0.3 is 4.90 Å². The zero-order chi connectivity index (χ0) is 19.3. The number of sulfonamides is 1. The Labute approximate surface area is 150 Å². The molecule has 8 nitrogen and oxygen atoms in total. The van der Waals surface area contributed by atoms with Gasteiger partial charge in [0.2, 0.25) is 0 Å². The molecule has 2 rings (SSSR count). The second-order valence-electron chi connectivity index (χ2n) is 5.19. The van der Waals surface area contributed by atoms with Crippen molar-refractivity contribution in [1.82, 2.24) is 19.7 Å². The quantitative estimate of drug-likeness (QED) is 0.686. The van der Waals surface area contributed by atoms with Crippen molar-refractivity contribution in [3.63, 3.8) is 0 Å².